The van der Waals surface area contributed by atoms with Crippen molar-refractivity contribution in [1.29, 1.82) is 0 Å². The maximum atomic E-state index is 5.54. The van der Waals surface area contributed by atoms with Crippen molar-refractivity contribution in [1.82, 2.24) is 0 Å². The first-order valence-corrected chi connectivity index (χ1v) is 5.80. The van der Waals surface area contributed by atoms with E-state index in [0.717, 1.165) is 22.8 Å². The smallest absolute Gasteiger partial charge is 0.142 e. The van der Waals surface area contributed by atoms with Crippen LogP contribution in [0.1, 0.15) is 18.2 Å². The lowest BCUT2D eigenvalue weighted by Crippen LogP contribution is -2.02. The molecule has 17 heavy (non-hydrogen) atoms. The van der Waals surface area contributed by atoms with Crippen molar-refractivity contribution in [2.45, 2.75) is 20.4 Å². The molecular formula is C14H17NO2. The van der Waals surface area contributed by atoms with Crippen molar-refractivity contribution in [2.24, 2.45) is 0 Å². The van der Waals surface area contributed by atoms with Crippen molar-refractivity contribution in [3.63, 3.8) is 0 Å². The van der Waals surface area contributed by atoms with Crippen LogP contribution in [0.15, 0.2) is 41.0 Å². The fourth-order valence-electron chi connectivity index (χ4n) is 1.65. The largest absolute Gasteiger partial charge is 0.492 e. The second-order valence-electron chi connectivity index (χ2n) is 3.81. The van der Waals surface area contributed by atoms with Gasteiger partial charge in [0.25, 0.3) is 0 Å². The summed E-state index contributed by atoms with van der Waals surface area (Å²) in [6, 6.07) is 9.88. The summed E-state index contributed by atoms with van der Waals surface area (Å²) in [4.78, 5) is 0. The van der Waals surface area contributed by atoms with E-state index in [1.165, 1.54) is 0 Å². The van der Waals surface area contributed by atoms with Crippen LogP contribution in [0.25, 0.3) is 0 Å². The van der Waals surface area contributed by atoms with E-state index in [-0.39, 0.29) is 0 Å². The molecular weight excluding hydrogens is 214 g/mol. The molecule has 0 saturated heterocycles. The predicted octanol–water partition coefficient (Wildman–Crippen LogP) is 3.60. The zero-order chi connectivity index (χ0) is 12.1. The molecule has 0 aliphatic heterocycles. The van der Waals surface area contributed by atoms with Gasteiger partial charge in [-0.1, -0.05) is 12.1 Å². The monoisotopic (exact) mass is 231 g/mol. The Morgan fingerprint density at radius 3 is 2.76 bits per heavy atom. The molecule has 2 rings (SSSR count). The SMILES string of the molecule is CCOc1ccccc1NCc1occc1C. The van der Waals surface area contributed by atoms with Crippen LogP contribution in [-0.2, 0) is 6.54 Å². The highest BCUT2D eigenvalue weighted by Gasteiger charge is 2.04. The Bertz CT molecular complexity index is 477. The van der Waals surface area contributed by atoms with Gasteiger partial charge in [-0.15, -0.1) is 0 Å². The van der Waals surface area contributed by atoms with Gasteiger partial charge in [-0.05, 0) is 37.6 Å². The first kappa shape index (κ1) is 11.6. The Hall–Kier alpha value is -1.90. The van der Waals surface area contributed by atoms with Crippen molar-refractivity contribution < 1.29 is 9.15 Å². The number of hydrogen-bond acceptors (Lipinski definition) is 3. The molecule has 0 fully saturated rings. The van der Waals surface area contributed by atoms with Gasteiger partial charge in [-0.2, -0.15) is 0 Å². The fourth-order valence-corrected chi connectivity index (χ4v) is 1.65. The number of benzene rings is 1. The lowest BCUT2D eigenvalue weighted by Gasteiger charge is -2.11. The highest BCUT2D eigenvalue weighted by Crippen LogP contribution is 2.24. The van der Waals surface area contributed by atoms with Gasteiger partial charge in [-0.25, -0.2) is 0 Å². The van der Waals surface area contributed by atoms with Crippen LogP contribution in [0, 0.1) is 6.92 Å². The van der Waals surface area contributed by atoms with Gasteiger partial charge in [0.2, 0.25) is 0 Å². The molecule has 90 valence electrons. The molecule has 0 amide bonds. The van der Waals surface area contributed by atoms with Crippen LogP contribution in [0.2, 0.25) is 0 Å². The summed E-state index contributed by atoms with van der Waals surface area (Å²) in [7, 11) is 0. The number of ether oxygens (including phenoxy) is 1. The molecule has 1 heterocycles. The third kappa shape index (κ3) is 2.81. The maximum Gasteiger partial charge on any atom is 0.142 e. The van der Waals surface area contributed by atoms with Crippen LogP contribution < -0.4 is 10.1 Å². The minimum atomic E-state index is 0.665. The zero-order valence-electron chi connectivity index (χ0n) is 10.2. The molecule has 0 saturated carbocycles. The Morgan fingerprint density at radius 1 is 1.24 bits per heavy atom. The van der Waals surface area contributed by atoms with Gasteiger partial charge in [0.1, 0.15) is 11.5 Å². The van der Waals surface area contributed by atoms with E-state index < -0.39 is 0 Å². The molecule has 0 unspecified atom stereocenters. The van der Waals surface area contributed by atoms with Crippen LogP contribution >= 0.6 is 0 Å². The van der Waals surface area contributed by atoms with Gasteiger partial charge >= 0.3 is 0 Å². The third-order valence-electron chi connectivity index (χ3n) is 2.59. The number of para-hydroxylation sites is 2. The maximum absolute atomic E-state index is 5.54. The Morgan fingerprint density at radius 2 is 2.06 bits per heavy atom. The molecule has 0 spiro atoms. The summed E-state index contributed by atoms with van der Waals surface area (Å²) in [5, 5.41) is 3.32. The highest BCUT2D eigenvalue weighted by molar-refractivity contribution is 5.56. The molecule has 0 atom stereocenters. The van der Waals surface area contributed by atoms with Gasteiger partial charge in [0, 0.05) is 0 Å². The normalized spacial score (nSPS) is 10.2. The van der Waals surface area contributed by atoms with Gasteiger partial charge in [0.15, 0.2) is 0 Å². The summed E-state index contributed by atoms with van der Waals surface area (Å²) in [5.41, 5.74) is 2.15. The Labute approximate surface area is 101 Å². The highest BCUT2D eigenvalue weighted by atomic mass is 16.5. The van der Waals surface area contributed by atoms with Crippen molar-refractivity contribution in [3.8, 4) is 5.75 Å². The predicted molar refractivity (Wildman–Crippen MR) is 68.4 cm³/mol. The second kappa shape index (κ2) is 5.43. The lowest BCUT2D eigenvalue weighted by molar-refractivity contribution is 0.341. The van der Waals surface area contributed by atoms with E-state index >= 15 is 0 Å². The van der Waals surface area contributed by atoms with E-state index in [0.29, 0.717) is 13.2 Å². The Balaban J connectivity index is 2.06. The third-order valence-corrected chi connectivity index (χ3v) is 2.59. The fraction of sp³-hybridized carbons (Fsp3) is 0.286. The molecule has 0 radical (unpaired) electrons. The molecule has 1 aromatic heterocycles. The summed E-state index contributed by atoms with van der Waals surface area (Å²) < 4.78 is 10.9. The standard InChI is InChI=1S/C14H17NO2/c1-3-16-13-7-5-4-6-12(13)15-10-14-11(2)8-9-17-14/h4-9,15H,3,10H2,1-2H3. The van der Waals surface area contributed by atoms with Crippen molar-refractivity contribution in [3.05, 3.63) is 47.9 Å². The summed E-state index contributed by atoms with van der Waals surface area (Å²) in [6.45, 7) is 5.35. The Kier molecular flexibility index (Phi) is 3.70. The molecule has 0 aliphatic carbocycles. The average molecular weight is 231 g/mol. The van der Waals surface area contributed by atoms with Crippen LogP contribution in [0.4, 0.5) is 5.69 Å². The molecule has 2 aromatic rings. The minimum absolute atomic E-state index is 0.665. The van der Waals surface area contributed by atoms with E-state index in [4.69, 9.17) is 9.15 Å². The summed E-state index contributed by atoms with van der Waals surface area (Å²) in [5.74, 6) is 1.83. The summed E-state index contributed by atoms with van der Waals surface area (Å²) >= 11 is 0. The molecule has 1 aromatic carbocycles. The van der Waals surface area contributed by atoms with Gasteiger partial charge in [-0.3, -0.25) is 0 Å². The van der Waals surface area contributed by atoms with E-state index in [2.05, 4.69) is 5.32 Å². The lowest BCUT2D eigenvalue weighted by atomic mass is 10.2. The number of hydrogen-bond donors (Lipinski definition) is 1. The van der Waals surface area contributed by atoms with E-state index in [9.17, 15) is 0 Å². The van der Waals surface area contributed by atoms with Gasteiger partial charge < -0.3 is 14.5 Å². The molecule has 1 N–H and O–H groups in total. The molecule has 0 aliphatic rings. The summed E-state index contributed by atoms with van der Waals surface area (Å²) in [6.07, 6.45) is 1.71. The molecule has 3 nitrogen and oxygen atoms in total. The number of furan rings is 1. The average Bonchev–Trinajstić information content (AvgIpc) is 2.74. The topological polar surface area (TPSA) is 34.4 Å². The van der Waals surface area contributed by atoms with E-state index in [1.54, 1.807) is 6.26 Å². The van der Waals surface area contributed by atoms with Crippen LogP contribution in [0.5, 0.6) is 5.75 Å². The first-order chi connectivity index (χ1) is 8.31. The zero-order valence-corrected chi connectivity index (χ0v) is 10.2. The number of nitrogens with one attached hydrogen (secondary N) is 1. The van der Waals surface area contributed by atoms with Gasteiger partial charge in [0.05, 0.1) is 25.1 Å². The van der Waals surface area contributed by atoms with E-state index in [1.807, 2.05) is 44.2 Å². The van der Waals surface area contributed by atoms with Crippen LogP contribution in [0.3, 0.4) is 0 Å². The quantitative estimate of drug-likeness (QED) is 0.853. The van der Waals surface area contributed by atoms with Crippen molar-refractivity contribution in [2.75, 3.05) is 11.9 Å². The first-order valence-electron chi connectivity index (χ1n) is 5.80. The number of aryl methyl sites for hydroxylation is 1. The molecule has 0 bridgehead atoms. The minimum Gasteiger partial charge on any atom is -0.492 e. The number of anilines is 1. The molecule has 3 heteroatoms. The van der Waals surface area contributed by atoms with Crippen molar-refractivity contribution >= 4 is 5.69 Å². The van der Waals surface area contributed by atoms with Crippen LogP contribution in [-0.4, -0.2) is 6.61 Å². The second-order valence-corrected chi connectivity index (χ2v) is 3.81. The number of rotatable bonds is 5.